The Hall–Kier alpha value is -4.16. The number of nitrogens with one attached hydrogen (secondary N) is 1. The predicted octanol–water partition coefficient (Wildman–Crippen LogP) is 6.94. The summed E-state index contributed by atoms with van der Waals surface area (Å²) in [6.45, 7) is 2.48. The van der Waals surface area contributed by atoms with Gasteiger partial charge in [0.15, 0.2) is 0 Å². The first kappa shape index (κ1) is 23.3. The number of amides is 2. The lowest BCUT2D eigenvalue weighted by Crippen LogP contribution is -2.40. The van der Waals surface area contributed by atoms with Gasteiger partial charge in [0.05, 0.1) is 33.7 Å². The molecule has 6 nitrogen and oxygen atoms in total. The van der Waals surface area contributed by atoms with Gasteiger partial charge in [0.25, 0.3) is 5.56 Å². The lowest BCUT2D eigenvalue weighted by molar-refractivity contribution is 0.159. The monoisotopic (exact) mass is 508 g/mol. The van der Waals surface area contributed by atoms with Crippen molar-refractivity contribution in [2.75, 3.05) is 5.32 Å². The Balaban J connectivity index is 1.46. The van der Waals surface area contributed by atoms with E-state index < -0.39 is 0 Å². The first-order chi connectivity index (χ1) is 18.0. The van der Waals surface area contributed by atoms with Crippen LogP contribution in [0.5, 0.6) is 0 Å². The molecule has 1 aliphatic heterocycles. The Labute approximate surface area is 219 Å². The number of nitrogens with zero attached hydrogens (tertiary/aromatic N) is 3. The molecule has 37 heavy (non-hydrogen) atoms. The lowest BCUT2D eigenvalue weighted by Gasteiger charge is -2.34. The van der Waals surface area contributed by atoms with Crippen LogP contribution in [0.15, 0.2) is 95.8 Å². The minimum atomic E-state index is -0.388. The van der Waals surface area contributed by atoms with Gasteiger partial charge in [0.2, 0.25) is 0 Å². The number of urea groups is 1. The maximum absolute atomic E-state index is 14.0. The van der Waals surface area contributed by atoms with Crippen LogP contribution in [-0.4, -0.2) is 20.5 Å². The van der Waals surface area contributed by atoms with Crippen LogP contribution in [0.3, 0.4) is 0 Å². The number of hydrogen-bond donors (Lipinski definition) is 1. The van der Waals surface area contributed by atoms with Crippen molar-refractivity contribution in [2.24, 2.45) is 0 Å². The molecular formula is C30H25ClN4O2. The fourth-order valence-electron chi connectivity index (χ4n) is 5.35. The molecule has 6 rings (SSSR count). The molecule has 4 aromatic carbocycles. The van der Waals surface area contributed by atoms with Gasteiger partial charge in [-0.05, 0) is 42.5 Å². The second kappa shape index (κ2) is 9.37. The zero-order chi connectivity index (χ0) is 25.5. The third kappa shape index (κ3) is 4.03. The summed E-state index contributed by atoms with van der Waals surface area (Å²) in [6.07, 6.45) is 0.580. The van der Waals surface area contributed by atoms with E-state index in [1.807, 2.05) is 84.6 Å². The van der Waals surface area contributed by atoms with Crippen molar-refractivity contribution in [1.29, 1.82) is 0 Å². The third-order valence-corrected chi connectivity index (χ3v) is 7.50. The Bertz CT molecular complexity index is 1690. The predicted molar refractivity (Wildman–Crippen MR) is 148 cm³/mol. The van der Waals surface area contributed by atoms with Crippen molar-refractivity contribution in [3.63, 3.8) is 0 Å². The van der Waals surface area contributed by atoms with Crippen LogP contribution in [0.4, 0.5) is 10.5 Å². The summed E-state index contributed by atoms with van der Waals surface area (Å²) in [5, 5.41) is 5.97. The molecule has 2 heterocycles. The van der Waals surface area contributed by atoms with Gasteiger partial charge in [-0.25, -0.2) is 9.78 Å². The first-order valence-electron chi connectivity index (χ1n) is 12.3. The Kier molecular flexibility index (Phi) is 5.89. The molecule has 2 amide bonds. The summed E-state index contributed by atoms with van der Waals surface area (Å²) in [5.74, 6) is 0.579. The van der Waals surface area contributed by atoms with Crippen LogP contribution < -0.4 is 10.9 Å². The van der Waals surface area contributed by atoms with E-state index in [0.717, 1.165) is 22.0 Å². The highest BCUT2D eigenvalue weighted by atomic mass is 35.5. The van der Waals surface area contributed by atoms with Crippen molar-refractivity contribution in [2.45, 2.75) is 32.0 Å². The number of fused-ring (bicyclic) bond motifs is 3. The summed E-state index contributed by atoms with van der Waals surface area (Å²) in [4.78, 5) is 34.1. The number of carbonyl (C=O) groups is 1. The topological polar surface area (TPSA) is 67.2 Å². The second-order valence-electron chi connectivity index (χ2n) is 9.32. The van der Waals surface area contributed by atoms with Crippen LogP contribution in [0, 0.1) is 0 Å². The third-order valence-electron chi connectivity index (χ3n) is 7.19. The first-order valence-corrected chi connectivity index (χ1v) is 12.7. The number of carbonyl (C=O) groups excluding carboxylic acids is 1. The number of aromatic nitrogens is 2. The summed E-state index contributed by atoms with van der Waals surface area (Å²) in [5.41, 5.74) is 2.11. The molecule has 0 saturated carbocycles. The van der Waals surface area contributed by atoms with Crippen LogP contribution in [-0.2, 0) is 6.54 Å². The smallest absolute Gasteiger partial charge is 0.308 e. The highest BCUT2D eigenvalue weighted by Crippen LogP contribution is 2.37. The van der Waals surface area contributed by atoms with E-state index in [-0.39, 0.29) is 23.7 Å². The zero-order valence-corrected chi connectivity index (χ0v) is 21.0. The molecule has 0 bridgehead atoms. The minimum Gasteiger partial charge on any atom is -0.308 e. The molecule has 0 fully saturated rings. The van der Waals surface area contributed by atoms with Gasteiger partial charge in [-0.2, -0.15) is 0 Å². The van der Waals surface area contributed by atoms with Gasteiger partial charge >= 0.3 is 6.03 Å². The molecule has 1 N–H and O–H groups in total. The quantitative estimate of drug-likeness (QED) is 0.286. The van der Waals surface area contributed by atoms with Crippen LogP contribution in [0.2, 0.25) is 5.02 Å². The SMILES string of the molecule is CC(c1ccccc1)N(C(=O)Nc1cccc2ccccc12)C1CCn2c1nc1cccc(Cl)c1c2=O. The van der Waals surface area contributed by atoms with Crippen molar-refractivity contribution in [1.82, 2.24) is 14.5 Å². The van der Waals surface area contributed by atoms with E-state index in [1.165, 1.54) is 0 Å². The number of rotatable bonds is 4. The molecular weight excluding hydrogens is 484 g/mol. The van der Waals surface area contributed by atoms with Gasteiger partial charge in [0, 0.05) is 11.9 Å². The van der Waals surface area contributed by atoms with E-state index in [4.69, 9.17) is 16.6 Å². The van der Waals surface area contributed by atoms with Crippen LogP contribution in [0.25, 0.3) is 21.7 Å². The molecule has 5 aromatic rings. The molecule has 184 valence electrons. The molecule has 2 unspecified atom stereocenters. The fraction of sp³-hybridized carbons (Fsp3) is 0.167. The van der Waals surface area contributed by atoms with Gasteiger partial charge in [-0.1, -0.05) is 84.4 Å². The Morgan fingerprint density at radius 3 is 2.57 bits per heavy atom. The number of halogens is 1. The summed E-state index contributed by atoms with van der Waals surface area (Å²) in [6, 6.07) is 28.1. The van der Waals surface area contributed by atoms with E-state index >= 15 is 0 Å². The Morgan fingerprint density at radius 2 is 1.73 bits per heavy atom. The number of benzene rings is 4. The fourth-order valence-corrected chi connectivity index (χ4v) is 5.60. The molecule has 0 aliphatic carbocycles. The summed E-state index contributed by atoms with van der Waals surface area (Å²) in [7, 11) is 0. The molecule has 2 atom stereocenters. The zero-order valence-electron chi connectivity index (χ0n) is 20.3. The van der Waals surface area contributed by atoms with Crippen molar-refractivity contribution in [3.05, 3.63) is 118 Å². The van der Waals surface area contributed by atoms with Gasteiger partial charge in [0.1, 0.15) is 5.82 Å². The molecule has 0 saturated heterocycles. The average Bonchev–Trinajstić information content (AvgIpc) is 3.33. The Morgan fingerprint density at radius 1 is 1.00 bits per heavy atom. The molecule has 7 heteroatoms. The van der Waals surface area contributed by atoms with E-state index in [0.29, 0.717) is 34.7 Å². The van der Waals surface area contributed by atoms with Crippen LogP contribution in [0.1, 0.15) is 36.8 Å². The lowest BCUT2D eigenvalue weighted by atomic mass is 10.0. The van der Waals surface area contributed by atoms with Gasteiger partial charge < -0.3 is 10.2 Å². The number of anilines is 1. The highest BCUT2D eigenvalue weighted by Gasteiger charge is 2.37. The van der Waals surface area contributed by atoms with Crippen molar-refractivity contribution < 1.29 is 4.79 Å². The summed E-state index contributed by atoms with van der Waals surface area (Å²) < 4.78 is 1.66. The standard InChI is InChI=1S/C30H25ClN4O2/c1-19(20-9-3-2-4-10-20)35(30(37)33-24-15-7-12-21-11-5-6-13-22(21)24)26-17-18-34-28(26)32-25-16-8-14-23(31)27(25)29(34)36/h2-16,19,26H,17-18H2,1H3,(H,33,37). The van der Waals surface area contributed by atoms with Gasteiger partial charge in [-0.15, -0.1) is 0 Å². The normalized spacial score (nSPS) is 15.5. The molecule has 0 radical (unpaired) electrons. The number of hydrogen-bond acceptors (Lipinski definition) is 3. The molecule has 1 aliphatic rings. The van der Waals surface area contributed by atoms with Crippen molar-refractivity contribution in [3.8, 4) is 0 Å². The largest absolute Gasteiger partial charge is 0.322 e. The summed E-state index contributed by atoms with van der Waals surface area (Å²) >= 11 is 6.35. The maximum atomic E-state index is 14.0. The average molecular weight is 509 g/mol. The van der Waals surface area contributed by atoms with Crippen LogP contribution >= 0.6 is 11.6 Å². The maximum Gasteiger partial charge on any atom is 0.322 e. The van der Waals surface area contributed by atoms with E-state index in [9.17, 15) is 9.59 Å². The van der Waals surface area contributed by atoms with E-state index in [1.54, 1.807) is 22.8 Å². The minimum absolute atomic E-state index is 0.171. The van der Waals surface area contributed by atoms with Gasteiger partial charge in [-0.3, -0.25) is 9.36 Å². The molecule has 1 aromatic heterocycles. The van der Waals surface area contributed by atoms with Crippen molar-refractivity contribution >= 4 is 45.0 Å². The highest BCUT2D eigenvalue weighted by molar-refractivity contribution is 6.35. The second-order valence-corrected chi connectivity index (χ2v) is 9.72. The van der Waals surface area contributed by atoms with E-state index in [2.05, 4.69) is 5.32 Å². The molecule has 0 spiro atoms.